The van der Waals surface area contributed by atoms with Gasteiger partial charge >= 0.3 is 0 Å². The number of nitrogens with zero attached hydrogens (tertiary/aromatic N) is 1. The number of pyridine rings is 1. The molecule has 3 aromatic rings. The maximum absolute atomic E-state index is 12.2. The van der Waals surface area contributed by atoms with E-state index >= 15 is 0 Å². The number of amides is 2. The van der Waals surface area contributed by atoms with E-state index in [4.69, 9.17) is 10.2 Å². The van der Waals surface area contributed by atoms with Gasteiger partial charge in [-0.1, -0.05) is 0 Å². The molecule has 0 radical (unpaired) electrons. The first kappa shape index (κ1) is 13.8. The van der Waals surface area contributed by atoms with E-state index in [0.717, 1.165) is 5.69 Å². The topological polar surface area (TPSA) is 98.2 Å². The molecule has 3 N–H and O–H groups in total. The number of hydrogen-bond donors (Lipinski definition) is 2. The van der Waals surface area contributed by atoms with Gasteiger partial charge in [-0.15, -0.1) is 0 Å². The van der Waals surface area contributed by atoms with Crippen LogP contribution in [0.3, 0.4) is 0 Å². The first-order chi connectivity index (χ1) is 10.5. The highest BCUT2D eigenvalue weighted by Crippen LogP contribution is 2.19. The molecule has 0 unspecified atom stereocenters. The maximum Gasteiger partial charge on any atom is 0.291 e. The molecule has 0 spiro atoms. The molecule has 1 aromatic carbocycles. The number of aryl methyl sites for hydroxylation is 1. The third-order valence-corrected chi connectivity index (χ3v) is 3.16. The van der Waals surface area contributed by atoms with Gasteiger partial charge in [0, 0.05) is 23.0 Å². The summed E-state index contributed by atoms with van der Waals surface area (Å²) in [5.41, 5.74) is 8.12. The average Bonchev–Trinajstić information content (AvgIpc) is 2.91. The number of carbonyl (C=O) groups is 2. The van der Waals surface area contributed by atoms with Crippen LogP contribution in [-0.2, 0) is 0 Å². The number of rotatable bonds is 3. The zero-order valence-electron chi connectivity index (χ0n) is 11.8. The van der Waals surface area contributed by atoms with Crippen LogP contribution in [0.15, 0.2) is 46.9 Å². The second kappa shape index (κ2) is 5.33. The normalized spacial score (nSPS) is 10.6. The number of benzene rings is 1. The monoisotopic (exact) mass is 295 g/mol. The highest BCUT2D eigenvalue weighted by atomic mass is 16.3. The predicted molar refractivity (Wildman–Crippen MR) is 81.7 cm³/mol. The van der Waals surface area contributed by atoms with Crippen LogP contribution in [-0.4, -0.2) is 16.8 Å². The number of furan rings is 1. The Kier molecular flexibility index (Phi) is 3.34. The molecule has 0 fully saturated rings. The largest absolute Gasteiger partial charge is 0.449 e. The van der Waals surface area contributed by atoms with Gasteiger partial charge in [-0.3, -0.25) is 9.59 Å². The number of carbonyl (C=O) groups excluding carboxylic acids is 2. The minimum atomic E-state index is -0.517. The fraction of sp³-hybridized carbons (Fsp3) is 0.0625. The molecule has 0 aliphatic heterocycles. The molecule has 110 valence electrons. The molecule has 6 nitrogen and oxygen atoms in total. The van der Waals surface area contributed by atoms with Crippen molar-refractivity contribution < 1.29 is 14.0 Å². The lowest BCUT2D eigenvalue weighted by molar-refractivity contribution is 0.0992. The molecule has 22 heavy (non-hydrogen) atoms. The summed E-state index contributed by atoms with van der Waals surface area (Å²) < 4.78 is 5.47. The van der Waals surface area contributed by atoms with Crippen molar-refractivity contribution in [3.05, 3.63) is 59.5 Å². The smallest absolute Gasteiger partial charge is 0.291 e. The fourth-order valence-corrected chi connectivity index (χ4v) is 2.05. The van der Waals surface area contributed by atoms with E-state index in [1.165, 1.54) is 0 Å². The van der Waals surface area contributed by atoms with Crippen LogP contribution in [0, 0.1) is 6.92 Å². The van der Waals surface area contributed by atoms with E-state index in [2.05, 4.69) is 10.3 Å². The lowest BCUT2D eigenvalue weighted by atomic mass is 10.2. The Hall–Kier alpha value is -3.15. The van der Waals surface area contributed by atoms with Crippen molar-refractivity contribution in [3.63, 3.8) is 0 Å². The second-order valence-corrected chi connectivity index (χ2v) is 4.84. The number of anilines is 1. The molecule has 0 saturated heterocycles. The van der Waals surface area contributed by atoms with E-state index in [1.807, 2.05) is 13.0 Å². The highest BCUT2D eigenvalue weighted by Gasteiger charge is 2.13. The van der Waals surface area contributed by atoms with Gasteiger partial charge in [0.25, 0.3) is 5.91 Å². The molecule has 0 atom stereocenters. The summed E-state index contributed by atoms with van der Waals surface area (Å²) in [6.45, 7) is 1.87. The summed E-state index contributed by atoms with van der Waals surface area (Å²) in [5.74, 6) is -0.730. The minimum Gasteiger partial charge on any atom is -0.449 e. The van der Waals surface area contributed by atoms with E-state index < -0.39 is 5.91 Å². The van der Waals surface area contributed by atoms with E-state index in [9.17, 15) is 9.59 Å². The molecule has 2 aromatic heterocycles. The van der Waals surface area contributed by atoms with Crippen LogP contribution in [0.1, 0.15) is 26.6 Å². The van der Waals surface area contributed by atoms with E-state index in [1.54, 1.807) is 36.4 Å². The van der Waals surface area contributed by atoms with Crippen LogP contribution in [0.25, 0.3) is 11.1 Å². The van der Waals surface area contributed by atoms with Gasteiger partial charge in [0.05, 0.1) is 0 Å². The molecule has 3 rings (SSSR count). The molecular formula is C16H13N3O3. The number of aromatic nitrogens is 1. The zero-order valence-corrected chi connectivity index (χ0v) is 11.8. The number of nitrogens with one attached hydrogen (secondary N) is 1. The quantitative estimate of drug-likeness (QED) is 0.775. The number of primary amides is 1. The Bertz CT molecular complexity index is 866. The standard InChI is InChI=1S/C16H13N3O3/c1-9-2-7-13-12(18-9)8-14(22-13)16(21)19-11-5-3-10(4-6-11)15(17)20/h2-8H,1H3,(H2,17,20)(H,19,21). The van der Waals surface area contributed by atoms with E-state index in [-0.39, 0.29) is 11.7 Å². The van der Waals surface area contributed by atoms with Crippen molar-refractivity contribution in [2.45, 2.75) is 6.92 Å². The van der Waals surface area contributed by atoms with Gasteiger partial charge in [-0.05, 0) is 43.3 Å². The number of nitrogens with two attached hydrogens (primary N) is 1. The lowest BCUT2D eigenvalue weighted by Gasteiger charge is -2.03. The maximum atomic E-state index is 12.2. The van der Waals surface area contributed by atoms with Crippen LogP contribution in [0.2, 0.25) is 0 Å². The third kappa shape index (κ3) is 2.67. The summed E-state index contributed by atoms with van der Waals surface area (Å²) in [6, 6.07) is 11.5. The first-order valence-corrected chi connectivity index (χ1v) is 6.61. The Morgan fingerprint density at radius 1 is 1.14 bits per heavy atom. The summed E-state index contributed by atoms with van der Waals surface area (Å²) in [5, 5.41) is 2.69. The highest BCUT2D eigenvalue weighted by molar-refractivity contribution is 6.04. The number of hydrogen-bond acceptors (Lipinski definition) is 4. The molecule has 0 bridgehead atoms. The summed E-state index contributed by atoms with van der Waals surface area (Å²) >= 11 is 0. The average molecular weight is 295 g/mol. The van der Waals surface area contributed by atoms with Crippen molar-refractivity contribution in [2.24, 2.45) is 5.73 Å². The molecule has 0 aliphatic carbocycles. The van der Waals surface area contributed by atoms with Gasteiger partial charge in [0.2, 0.25) is 5.91 Å². The first-order valence-electron chi connectivity index (χ1n) is 6.61. The summed E-state index contributed by atoms with van der Waals surface area (Å²) in [4.78, 5) is 27.5. The molecule has 2 heterocycles. The summed E-state index contributed by atoms with van der Waals surface area (Å²) in [6.07, 6.45) is 0. The summed E-state index contributed by atoms with van der Waals surface area (Å²) in [7, 11) is 0. The van der Waals surface area contributed by atoms with Crippen molar-refractivity contribution in [2.75, 3.05) is 5.32 Å². The Balaban J connectivity index is 1.81. The predicted octanol–water partition coefficient (Wildman–Crippen LogP) is 2.49. The molecule has 6 heteroatoms. The van der Waals surface area contributed by atoms with Crippen LogP contribution in [0.4, 0.5) is 5.69 Å². The Morgan fingerprint density at radius 2 is 1.86 bits per heavy atom. The van der Waals surface area contributed by atoms with Gasteiger partial charge in [0.1, 0.15) is 5.52 Å². The van der Waals surface area contributed by atoms with Crippen molar-refractivity contribution >= 4 is 28.6 Å². The minimum absolute atomic E-state index is 0.173. The molecule has 2 amide bonds. The van der Waals surface area contributed by atoms with Crippen molar-refractivity contribution in [3.8, 4) is 0 Å². The van der Waals surface area contributed by atoms with Crippen LogP contribution in [0.5, 0.6) is 0 Å². The molecule has 0 aliphatic rings. The Morgan fingerprint density at radius 3 is 2.55 bits per heavy atom. The Labute approximate surface area is 125 Å². The van der Waals surface area contributed by atoms with Crippen LogP contribution < -0.4 is 11.1 Å². The molecular weight excluding hydrogens is 282 g/mol. The number of fused-ring (bicyclic) bond motifs is 1. The van der Waals surface area contributed by atoms with Gasteiger partial charge < -0.3 is 15.5 Å². The van der Waals surface area contributed by atoms with Crippen LogP contribution >= 0.6 is 0 Å². The third-order valence-electron chi connectivity index (χ3n) is 3.16. The zero-order chi connectivity index (χ0) is 15.7. The van der Waals surface area contributed by atoms with Gasteiger partial charge in [-0.25, -0.2) is 4.98 Å². The van der Waals surface area contributed by atoms with Gasteiger partial charge in [0.15, 0.2) is 11.3 Å². The second-order valence-electron chi connectivity index (χ2n) is 4.84. The van der Waals surface area contributed by atoms with Gasteiger partial charge in [-0.2, -0.15) is 0 Å². The molecule has 0 saturated carbocycles. The van der Waals surface area contributed by atoms with Crippen molar-refractivity contribution in [1.29, 1.82) is 0 Å². The lowest BCUT2D eigenvalue weighted by Crippen LogP contribution is -2.12. The van der Waals surface area contributed by atoms with E-state index in [0.29, 0.717) is 22.4 Å². The SMILES string of the molecule is Cc1ccc2oc(C(=O)Nc3ccc(C(N)=O)cc3)cc2n1. The van der Waals surface area contributed by atoms with Crippen molar-refractivity contribution in [1.82, 2.24) is 4.98 Å². The fourth-order valence-electron chi connectivity index (χ4n) is 2.05.